The van der Waals surface area contributed by atoms with E-state index < -0.39 is 6.04 Å². The molecule has 0 saturated carbocycles. The van der Waals surface area contributed by atoms with E-state index in [1.807, 2.05) is 23.8 Å². The molecule has 3 heterocycles. The molecular formula is C18H24N4O4S. The predicted octanol–water partition coefficient (Wildman–Crippen LogP) is 1.08. The van der Waals surface area contributed by atoms with Crippen molar-refractivity contribution in [2.24, 2.45) is 0 Å². The van der Waals surface area contributed by atoms with Gasteiger partial charge in [0.15, 0.2) is 0 Å². The zero-order chi connectivity index (χ0) is 19.4. The van der Waals surface area contributed by atoms with E-state index in [0.717, 1.165) is 5.56 Å². The van der Waals surface area contributed by atoms with Gasteiger partial charge in [-0.3, -0.25) is 14.5 Å². The molecule has 0 fully saturated rings. The van der Waals surface area contributed by atoms with Crippen molar-refractivity contribution in [1.29, 1.82) is 0 Å². The molecule has 8 nitrogen and oxygen atoms in total. The SMILES string of the molecule is CCN1C(=O)N[C@H](c2ccsc2)C2=C1CN(CC(=O)NCCCOC)C2=O. The average molecular weight is 392 g/mol. The van der Waals surface area contributed by atoms with Gasteiger partial charge in [0, 0.05) is 26.8 Å². The molecule has 0 bridgehead atoms. The number of rotatable bonds is 8. The average Bonchev–Trinajstić information content (AvgIpc) is 3.28. The number of carbonyl (C=O) groups excluding carboxylic acids is 3. The van der Waals surface area contributed by atoms with E-state index >= 15 is 0 Å². The zero-order valence-electron chi connectivity index (χ0n) is 15.5. The van der Waals surface area contributed by atoms with Gasteiger partial charge in [-0.1, -0.05) is 0 Å². The number of likely N-dealkylation sites (N-methyl/N-ethyl adjacent to an activating group) is 1. The van der Waals surface area contributed by atoms with Crippen molar-refractivity contribution in [1.82, 2.24) is 20.4 Å². The molecule has 2 aliphatic rings. The summed E-state index contributed by atoms with van der Waals surface area (Å²) in [7, 11) is 1.61. The van der Waals surface area contributed by atoms with Crippen LogP contribution in [0.2, 0.25) is 0 Å². The zero-order valence-corrected chi connectivity index (χ0v) is 16.3. The van der Waals surface area contributed by atoms with Crippen molar-refractivity contribution >= 4 is 29.2 Å². The Bertz CT molecular complexity index is 747. The van der Waals surface area contributed by atoms with Crippen molar-refractivity contribution in [3.63, 3.8) is 0 Å². The Morgan fingerprint density at radius 3 is 2.93 bits per heavy atom. The maximum Gasteiger partial charge on any atom is 0.322 e. The number of thiophene rings is 1. The minimum atomic E-state index is -0.469. The van der Waals surface area contributed by atoms with Gasteiger partial charge in [-0.25, -0.2) is 4.79 Å². The summed E-state index contributed by atoms with van der Waals surface area (Å²) in [5, 5.41) is 9.55. The van der Waals surface area contributed by atoms with Crippen LogP contribution in [0.1, 0.15) is 24.9 Å². The van der Waals surface area contributed by atoms with Gasteiger partial charge in [0.1, 0.15) is 6.54 Å². The first-order chi connectivity index (χ1) is 13.1. The Balaban J connectivity index is 1.74. The summed E-state index contributed by atoms with van der Waals surface area (Å²) < 4.78 is 4.95. The molecule has 2 N–H and O–H groups in total. The van der Waals surface area contributed by atoms with Crippen LogP contribution in [-0.4, -0.2) is 67.5 Å². The summed E-state index contributed by atoms with van der Waals surface area (Å²) in [5.41, 5.74) is 2.13. The van der Waals surface area contributed by atoms with Gasteiger partial charge < -0.3 is 20.3 Å². The van der Waals surface area contributed by atoms with Crippen molar-refractivity contribution in [2.45, 2.75) is 19.4 Å². The number of hydrogen-bond acceptors (Lipinski definition) is 5. The van der Waals surface area contributed by atoms with Gasteiger partial charge in [-0.15, -0.1) is 0 Å². The van der Waals surface area contributed by atoms with E-state index in [2.05, 4.69) is 10.6 Å². The highest BCUT2D eigenvalue weighted by molar-refractivity contribution is 7.08. The van der Waals surface area contributed by atoms with Gasteiger partial charge in [0.05, 0.1) is 23.9 Å². The number of ether oxygens (including phenoxy) is 1. The Kier molecular flexibility index (Phi) is 6.12. The first-order valence-corrected chi connectivity index (χ1v) is 9.89. The maximum absolute atomic E-state index is 13.0. The molecule has 1 aromatic rings. The first kappa shape index (κ1) is 19.4. The molecular weight excluding hydrogens is 368 g/mol. The maximum atomic E-state index is 13.0. The highest BCUT2D eigenvalue weighted by Crippen LogP contribution is 2.36. The summed E-state index contributed by atoms with van der Waals surface area (Å²) in [6, 6.07) is 1.22. The molecule has 0 saturated heterocycles. The number of urea groups is 1. The molecule has 27 heavy (non-hydrogen) atoms. The fourth-order valence-electron chi connectivity index (χ4n) is 3.37. The highest BCUT2D eigenvalue weighted by atomic mass is 32.1. The molecule has 3 rings (SSSR count). The van der Waals surface area contributed by atoms with Gasteiger partial charge in [-0.2, -0.15) is 11.3 Å². The predicted molar refractivity (Wildman–Crippen MR) is 101 cm³/mol. The largest absolute Gasteiger partial charge is 0.385 e. The Morgan fingerprint density at radius 2 is 2.26 bits per heavy atom. The van der Waals surface area contributed by atoms with Crippen LogP contribution in [0.15, 0.2) is 28.1 Å². The summed E-state index contributed by atoms with van der Waals surface area (Å²) >= 11 is 1.51. The van der Waals surface area contributed by atoms with Gasteiger partial charge in [0.2, 0.25) is 5.91 Å². The van der Waals surface area contributed by atoms with Crippen molar-refractivity contribution in [3.05, 3.63) is 33.7 Å². The molecule has 1 atom stereocenters. The number of methoxy groups -OCH3 is 1. The lowest BCUT2D eigenvalue weighted by Gasteiger charge is -2.32. The van der Waals surface area contributed by atoms with E-state index in [0.29, 0.717) is 37.4 Å². The van der Waals surface area contributed by atoms with Gasteiger partial charge in [0.25, 0.3) is 5.91 Å². The molecule has 0 spiro atoms. The van der Waals surface area contributed by atoms with E-state index in [-0.39, 0.29) is 30.9 Å². The number of amides is 4. The molecule has 0 aromatic carbocycles. The van der Waals surface area contributed by atoms with E-state index in [1.54, 1.807) is 12.0 Å². The second-order valence-corrected chi connectivity index (χ2v) is 7.18. The van der Waals surface area contributed by atoms with Crippen LogP contribution in [0.25, 0.3) is 0 Å². The molecule has 2 aliphatic heterocycles. The fraction of sp³-hybridized carbons (Fsp3) is 0.500. The smallest absolute Gasteiger partial charge is 0.322 e. The fourth-order valence-corrected chi connectivity index (χ4v) is 4.06. The van der Waals surface area contributed by atoms with Crippen LogP contribution in [0.5, 0.6) is 0 Å². The second kappa shape index (κ2) is 8.53. The molecule has 0 unspecified atom stereocenters. The Labute approximate surface area is 162 Å². The Hall–Kier alpha value is -2.39. The molecule has 0 aliphatic carbocycles. The molecule has 1 aromatic heterocycles. The van der Waals surface area contributed by atoms with Gasteiger partial charge >= 0.3 is 6.03 Å². The number of nitrogens with one attached hydrogen (secondary N) is 2. The van der Waals surface area contributed by atoms with Crippen LogP contribution in [0.3, 0.4) is 0 Å². The van der Waals surface area contributed by atoms with E-state index in [1.165, 1.54) is 16.2 Å². The molecule has 0 radical (unpaired) electrons. The van der Waals surface area contributed by atoms with Gasteiger partial charge in [-0.05, 0) is 35.7 Å². The summed E-state index contributed by atoms with van der Waals surface area (Å²) in [4.78, 5) is 40.7. The monoisotopic (exact) mass is 392 g/mol. The third kappa shape index (κ3) is 3.98. The number of carbonyl (C=O) groups is 3. The lowest BCUT2D eigenvalue weighted by atomic mass is 9.98. The normalized spacial score (nSPS) is 19.4. The lowest BCUT2D eigenvalue weighted by molar-refractivity contribution is -0.131. The van der Waals surface area contributed by atoms with Crippen LogP contribution in [-0.2, 0) is 14.3 Å². The summed E-state index contributed by atoms with van der Waals surface area (Å²) in [6.07, 6.45) is 0.715. The van der Waals surface area contributed by atoms with Crippen LogP contribution in [0, 0.1) is 0 Å². The van der Waals surface area contributed by atoms with Crippen molar-refractivity contribution in [2.75, 3.05) is 39.9 Å². The number of nitrogens with zero attached hydrogens (tertiary/aromatic N) is 2. The number of hydrogen-bond donors (Lipinski definition) is 2. The molecule has 146 valence electrons. The minimum Gasteiger partial charge on any atom is -0.385 e. The lowest BCUT2D eigenvalue weighted by Crippen LogP contribution is -2.47. The van der Waals surface area contributed by atoms with Crippen LogP contribution < -0.4 is 10.6 Å². The van der Waals surface area contributed by atoms with Crippen LogP contribution in [0.4, 0.5) is 4.79 Å². The van der Waals surface area contributed by atoms with Crippen molar-refractivity contribution < 1.29 is 19.1 Å². The topological polar surface area (TPSA) is 91.0 Å². The Morgan fingerprint density at radius 1 is 1.44 bits per heavy atom. The van der Waals surface area contributed by atoms with E-state index in [9.17, 15) is 14.4 Å². The van der Waals surface area contributed by atoms with E-state index in [4.69, 9.17) is 4.74 Å². The molecule has 4 amide bonds. The summed E-state index contributed by atoms with van der Waals surface area (Å²) in [5.74, 6) is -0.416. The quantitative estimate of drug-likeness (QED) is 0.648. The summed E-state index contributed by atoms with van der Waals surface area (Å²) in [6.45, 7) is 3.64. The highest BCUT2D eigenvalue weighted by Gasteiger charge is 2.43. The standard InChI is InChI=1S/C18H24N4O4S/c1-3-22-13-9-21(10-14(23)19-6-4-7-26-2)17(24)15(13)16(20-18(22)25)12-5-8-27-11-12/h5,8,11,16H,3-4,6-7,9-10H2,1-2H3,(H,19,23)(H,20,25)/t16-/m1/s1. The first-order valence-electron chi connectivity index (χ1n) is 8.94. The third-order valence-electron chi connectivity index (χ3n) is 4.67. The second-order valence-electron chi connectivity index (χ2n) is 6.40. The van der Waals surface area contributed by atoms with Crippen LogP contribution >= 0.6 is 11.3 Å². The third-order valence-corrected chi connectivity index (χ3v) is 5.37. The minimum absolute atomic E-state index is 0.0269. The molecule has 9 heteroatoms. The van der Waals surface area contributed by atoms with Crippen molar-refractivity contribution in [3.8, 4) is 0 Å².